The third-order valence-corrected chi connectivity index (χ3v) is 8.21. The molecule has 3 N–H and O–H groups in total. The fourth-order valence-electron chi connectivity index (χ4n) is 6.34. The van der Waals surface area contributed by atoms with Gasteiger partial charge in [0.05, 0.1) is 23.1 Å². The summed E-state index contributed by atoms with van der Waals surface area (Å²) in [5.74, 6) is 1.42. The van der Waals surface area contributed by atoms with E-state index in [0.29, 0.717) is 5.92 Å². The molecule has 3 heterocycles. The normalized spacial score (nSPS) is 15.8. The van der Waals surface area contributed by atoms with E-state index < -0.39 is 0 Å². The van der Waals surface area contributed by atoms with Gasteiger partial charge in [-0.3, -0.25) is 9.89 Å². The fourth-order valence-corrected chi connectivity index (χ4v) is 6.34. The molecular formula is C31H37N7O. The van der Waals surface area contributed by atoms with Gasteiger partial charge in [-0.2, -0.15) is 5.10 Å². The van der Waals surface area contributed by atoms with Crippen LogP contribution in [0.25, 0.3) is 33.4 Å². The minimum absolute atomic E-state index is 0.0198. The molecule has 2 aromatic carbocycles. The van der Waals surface area contributed by atoms with E-state index in [-0.39, 0.29) is 11.3 Å². The lowest BCUT2D eigenvalue weighted by atomic mass is 9.57. The van der Waals surface area contributed by atoms with E-state index in [1.807, 2.05) is 44.1 Å². The molecule has 1 aliphatic carbocycles. The summed E-state index contributed by atoms with van der Waals surface area (Å²) in [6, 6.07) is 10.3. The Balaban J connectivity index is 0.00000151. The van der Waals surface area contributed by atoms with Crippen molar-refractivity contribution in [1.82, 2.24) is 24.6 Å². The number of hydrogen-bond donors (Lipinski definition) is 3. The van der Waals surface area contributed by atoms with Crippen LogP contribution in [0.15, 0.2) is 49.2 Å². The van der Waals surface area contributed by atoms with Crippen molar-refractivity contribution in [3.63, 3.8) is 0 Å². The number of likely N-dealkylation sites (tertiary alicyclic amines) is 1. The molecule has 202 valence electrons. The number of aromatic amines is 1. The van der Waals surface area contributed by atoms with Gasteiger partial charge in [0.15, 0.2) is 0 Å². The van der Waals surface area contributed by atoms with Crippen LogP contribution in [0.4, 0.5) is 5.69 Å². The Hall–Kier alpha value is -4.20. The Labute approximate surface area is 229 Å². The number of aromatic nitrogens is 4. The Morgan fingerprint density at radius 1 is 1.23 bits per heavy atom. The third-order valence-electron chi connectivity index (χ3n) is 8.21. The highest BCUT2D eigenvalue weighted by molar-refractivity contribution is 5.99. The average molecular weight is 524 g/mol. The molecule has 0 bridgehead atoms. The molecule has 4 aromatic rings. The summed E-state index contributed by atoms with van der Waals surface area (Å²) in [6.07, 6.45) is 6.72. The first-order valence-corrected chi connectivity index (χ1v) is 13.6. The molecule has 0 radical (unpaired) electrons. The molecule has 8 heteroatoms. The largest absolute Gasteiger partial charge is 0.388 e. The Kier molecular flexibility index (Phi) is 6.89. The number of fused-ring (bicyclic) bond motifs is 1. The van der Waals surface area contributed by atoms with Gasteiger partial charge in [-0.05, 0) is 49.6 Å². The molecular weight excluding hydrogens is 486 g/mol. The molecule has 1 aliphatic heterocycles. The summed E-state index contributed by atoms with van der Waals surface area (Å²) >= 11 is 0. The topological polar surface area (TPSA) is 103 Å². The zero-order valence-corrected chi connectivity index (χ0v) is 23.4. The van der Waals surface area contributed by atoms with Crippen molar-refractivity contribution in [3.8, 4) is 22.5 Å². The van der Waals surface area contributed by atoms with Crippen LogP contribution in [-0.4, -0.2) is 56.9 Å². The monoisotopic (exact) mass is 523 g/mol. The molecule has 1 spiro atoms. The van der Waals surface area contributed by atoms with Crippen LogP contribution >= 0.6 is 0 Å². The molecule has 2 aliphatic rings. The number of nitrogens with one attached hydrogen (secondary N) is 3. The number of aryl methyl sites for hydroxylation is 1. The van der Waals surface area contributed by atoms with E-state index in [2.05, 4.69) is 58.8 Å². The summed E-state index contributed by atoms with van der Waals surface area (Å²) < 4.78 is 2.25. The maximum atomic E-state index is 12.0. The van der Waals surface area contributed by atoms with Crippen molar-refractivity contribution >= 4 is 28.7 Å². The smallest absolute Gasteiger partial charge is 0.245 e. The maximum absolute atomic E-state index is 12.0. The van der Waals surface area contributed by atoms with Gasteiger partial charge < -0.3 is 20.2 Å². The van der Waals surface area contributed by atoms with Gasteiger partial charge in [-0.15, -0.1) is 0 Å². The summed E-state index contributed by atoms with van der Waals surface area (Å²) in [5.41, 5.74) is 8.17. The fraction of sp³-hybridized carbons (Fsp3) is 0.355. The summed E-state index contributed by atoms with van der Waals surface area (Å²) in [7, 11) is 3.98. The molecule has 0 unspecified atom stereocenters. The highest BCUT2D eigenvalue weighted by Crippen LogP contribution is 2.56. The number of carbonyl (C=O) groups is 1. The lowest BCUT2D eigenvalue weighted by Crippen LogP contribution is -2.63. The van der Waals surface area contributed by atoms with E-state index in [4.69, 9.17) is 10.4 Å². The molecule has 2 aromatic heterocycles. The van der Waals surface area contributed by atoms with Crippen LogP contribution in [0.3, 0.4) is 0 Å². The summed E-state index contributed by atoms with van der Waals surface area (Å²) in [6.45, 7) is 11.4. The first-order chi connectivity index (χ1) is 18.9. The van der Waals surface area contributed by atoms with Gasteiger partial charge >= 0.3 is 0 Å². The predicted octanol–water partition coefficient (Wildman–Crippen LogP) is 5.90. The maximum Gasteiger partial charge on any atom is 0.245 e. The number of benzene rings is 2. The van der Waals surface area contributed by atoms with E-state index in [1.54, 1.807) is 0 Å². The number of H-pyrrole nitrogens is 1. The average Bonchev–Trinajstić information content (AvgIpc) is 3.52. The molecule has 2 fully saturated rings. The number of carbonyl (C=O) groups excluding carboxylic acids is 1. The third kappa shape index (κ3) is 4.24. The van der Waals surface area contributed by atoms with Crippen LogP contribution in [0.5, 0.6) is 0 Å². The molecule has 39 heavy (non-hydrogen) atoms. The van der Waals surface area contributed by atoms with E-state index >= 15 is 0 Å². The van der Waals surface area contributed by atoms with Crippen molar-refractivity contribution in [2.24, 2.45) is 12.5 Å². The standard InChI is InChI=1S/C29H31N7O.C2H6/c1-5-24(37)36-15-29(16-36)11-20(12-29)28-33-26(18-7-9-22(31-3)19(10-18)13-30)27(35(28)4)25-17(2)6-8-23-21(25)14-32-34-23;1-2/h5-10,13-14,20,30-31H,1,11-12,15-16H2,2-4H3,(H,32,34);1-2H3. The molecule has 0 atom stereocenters. The van der Waals surface area contributed by atoms with Crippen molar-refractivity contribution in [2.75, 3.05) is 25.5 Å². The van der Waals surface area contributed by atoms with Gasteiger partial charge in [0.25, 0.3) is 0 Å². The van der Waals surface area contributed by atoms with Gasteiger partial charge in [0.2, 0.25) is 5.91 Å². The number of nitrogens with zero attached hydrogens (tertiary/aromatic N) is 4. The first kappa shape index (κ1) is 26.4. The second kappa shape index (κ2) is 10.2. The molecule has 1 saturated heterocycles. The van der Waals surface area contributed by atoms with Gasteiger partial charge in [0.1, 0.15) is 5.82 Å². The van der Waals surface area contributed by atoms with Crippen molar-refractivity contribution in [2.45, 2.75) is 39.5 Å². The van der Waals surface area contributed by atoms with Crippen LogP contribution < -0.4 is 5.32 Å². The lowest BCUT2D eigenvalue weighted by Gasteiger charge is -2.58. The number of hydrogen-bond acceptors (Lipinski definition) is 5. The Morgan fingerprint density at radius 2 is 1.97 bits per heavy atom. The van der Waals surface area contributed by atoms with Crippen LogP contribution in [0.1, 0.15) is 49.6 Å². The predicted molar refractivity (Wildman–Crippen MR) is 158 cm³/mol. The number of anilines is 1. The Bertz CT molecular complexity index is 1560. The molecule has 8 nitrogen and oxygen atoms in total. The van der Waals surface area contributed by atoms with Crippen LogP contribution in [-0.2, 0) is 11.8 Å². The molecule has 1 amide bonds. The Morgan fingerprint density at radius 3 is 2.64 bits per heavy atom. The first-order valence-electron chi connectivity index (χ1n) is 13.6. The second-order valence-corrected chi connectivity index (χ2v) is 10.5. The highest BCUT2D eigenvalue weighted by atomic mass is 16.2. The SMILES string of the molecule is C=CC(=O)N1CC2(CC(c3nc(-c4ccc(NC)c(C=N)c4)c(-c4c(C)ccc5[nH]ncc45)n3C)C2)C1.CC. The zero-order chi connectivity index (χ0) is 27.9. The lowest BCUT2D eigenvalue weighted by molar-refractivity contribution is -0.146. The second-order valence-electron chi connectivity index (χ2n) is 10.5. The highest BCUT2D eigenvalue weighted by Gasteiger charge is 2.54. The van der Waals surface area contributed by atoms with E-state index in [9.17, 15) is 4.79 Å². The minimum Gasteiger partial charge on any atom is -0.388 e. The zero-order valence-electron chi connectivity index (χ0n) is 23.4. The number of rotatable bonds is 6. The van der Waals surface area contributed by atoms with E-state index in [0.717, 1.165) is 82.0 Å². The quantitative estimate of drug-likeness (QED) is 0.216. The molecule has 1 saturated carbocycles. The summed E-state index contributed by atoms with van der Waals surface area (Å²) in [4.78, 5) is 19.1. The van der Waals surface area contributed by atoms with E-state index in [1.165, 1.54) is 12.3 Å². The van der Waals surface area contributed by atoms with Gasteiger partial charge in [-0.25, -0.2) is 4.98 Å². The van der Waals surface area contributed by atoms with Crippen molar-refractivity contribution in [1.29, 1.82) is 5.41 Å². The minimum atomic E-state index is 0.0198. The van der Waals surface area contributed by atoms with Crippen LogP contribution in [0.2, 0.25) is 0 Å². The van der Waals surface area contributed by atoms with Gasteiger partial charge in [-0.1, -0.05) is 32.6 Å². The summed E-state index contributed by atoms with van der Waals surface area (Å²) in [5, 5.41) is 19.6. The van der Waals surface area contributed by atoms with Gasteiger partial charge in [0, 0.05) is 72.5 Å². The number of amides is 1. The van der Waals surface area contributed by atoms with Crippen molar-refractivity contribution < 1.29 is 4.79 Å². The van der Waals surface area contributed by atoms with Crippen molar-refractivity contribution in [3.05, 3.63) is 66.1 Å². The van der Waals surface area contributed by atoms with Crippen LogP contribution in [0, 0.1) is 17.7 Å². The number of imidazole rings is 1. The molecule has 6 rings (SSSR count).